The summed E-state index contributed by atoms with van der Waals surface area (Å²) in [6.45, 7) is 10.3. The molecule has 0 aliphatic rings. The van der Waals surface area contributed by atoms with Gasteiger partial charge in [-0.15, -0.1) is 4.99 Å². The van der Waals surface area contributed by atoms with Crippen molar-refractivity contribution >= 4 is 41.3 Å². The topological polar surface area (TPSA) is 183 Å². The number of guanidine groups is 1. The summed E-state index contributed by atoms with van der Waals surface area (Å²) < 4.78 is 13.5. The van der Waals surface area contributed by atoms with E-state index in [9.17, 15) is 19.2 Å². The lowest BCUT2D eigenvalue weighted by atomic mass is 10.2. The van der Waals surface area contributed by atoms with E-state index in [0.717, 1.165) is 0 Å². The summed E-state index contributed by atoms with van der Waals surface area (Å²) in [7, 11) is 3.37. The Kier molecular flexibility index (Phi) is 9.75. The molecule has 214 valence electrons. The molecule has 4 amide bonds. The van der Waals surface area contributed by atoms with E-state index >= 15 is 0 Å². The van der Waals surface area contributed by atoms with Crippen molar-refractivity contribution in [2.75, 3.05) is 24.1 Å². The quantitative estimate of drug-likeness (QED) is 0.208. The second-order valence-corrected chi connectivity index (χ2v) is 10.7. The van der Waals surface area contributed by atoms with Crippen molar-refractivity contribution in [1.82, 2.24) is 25.1 Å². The van der Waals surface area contributed by atoms with Gasteiger partial charge in [0.05, 0.1) is 11.4 Å². The highest BCUT2D eigenvalue weighted by Gasteiger charge is 2.21. The first-order valence-corrected chi connectivity index (χ1v) is 12.2. The van der Waals surface area contributed by atoms with Gasteiger partial charge in [-0.2, -0.15) is 0 Å². The number of nitrogens with one attached hydrogen (secondary N) is 4. The van der Waals surface area contributed by atoms with Gasteiger partial charge in [-0.1, -0.05) is 0 Å². The minimum Gasteiger partial charge on any atom is -0.444 e. The predicted octanol–water partition coefficient (Wildman–Crippen LogP) is 2.33. The van der Waals surface area contributed by atoms with Crippen molar-refractivity contribution in [1.29, 1.82) is 0 Å². The Bertz CT molecular complexity index is 1250. The Morgan fingerprint density at radius 1 is 0.846 bits per heavy atom. The minimum atomic E-state index is -0.915. The lowest BCUT2D eigenvalue weighted by molar-refractivity contribution is 0.0560. The van der Waals surface area contributed by atoms with Crippen LogP contribution >= 0.6 is 0 Å². The van der Waals surface area contributed by atoms with Gasteiger partial charge in [0, 0.05) is 39.6 Å². The fourth-order valence-electron chi connectivity index (χ4n) is 3.21. The van der Waals surface area contributed by atoms with Gasteiger partial charge in [0.1, 0.15) is 22.6 Å². The van der Waals surface area contributed by atoms with Crippen LogP contribution < -0.4 is 27.0 Å². The van der Waals surface area contributed by atoms with Crippen LogP contribution in [0.1, 0.15) is 62.5 Å². The van der Waals surface area contributed by atoms with Gasteiger partial charge < -0.3 is 40.3 Å². The van der Waals surface area contributed by atoms with Crippen LogP contribution in [0.15, 0.2) is 29.5 Å². The van der Waals surface area contributed by atoms with Gasteiger partial charge in [-0.05, 0) is 53.7 Å². The highest BCUT2D eigenvalue weighted by molar-refractivity contribution is 6.04. The number of hydrogen-bond acceptors (Lipinski definition) is 7. The zero-order chi connectivity index (χ0) is 29.5. The third-order valence-electron chi connectivity index (χ3n) is 4.67. The molecule has 0 aliphatic heterocycles. The van der Waals surface area contributed by atoms with Crippen LogP contribution in [-0.2, 0) is 23.6 Å². The number of aryl methyl sites for hydroxylation is 2. The molecule has 0 aliphatic carbocycles. The van der Waals surface area contributed by atoms with Crippen LogP contribution in [-0.4, -0.2) is 63.4 Å². The summed E-state index contributed by atoms with van der Waals surface area (Å²) in [6, 6.07) is 3.09. The van der Waals surface area contributed by atoms with Gasteiger partial charge in [0.25, 0.3) is 11.8 Å². The number of rotatable bonds is 6. The number of carbonyl (C=O) groups is 4. The van der Waals surface area contributed by atoms with Crippen LogP contribution in [0.25, 0.3) is 0 Å². The molecule has 0 unspecified atom stereocenters. The molecule has 0 radical (unpaired) electrons. The van der Waals surface area contributed by atoms with Gasteiger partial charge in [-0.25, -0.2) is 9.59 Å². The van der Waals surface area contributed by atoms with Crippen LogP contribution in [0.5, 0.6) is 0 Å². The van der Waals surface area contributed by atoms with Gasteiger partial charge in [0.15, 0.2) is 0 Å². The zero-order valence-electron chi connectivity index (χ0n) is 23.6. The van der Waals surface area contributed by atoms with E-state index in [1.54, 1.807) is 83.2 Å². The van der Waals surface area contributed by atoms with E-state index in [1.165, 1.54) is 6.07 Å². The molecule has 2 aromatic heterocycles. The molecule has 0 fully saturated rings. The highest BCUT2D eigenvalue weighted by Crippen LogP contribution is 2.16. The molecule has 2 aromatic rings. The molecule has 0 atom stereocenters. The predicted molar refractivity (Wildman–Crippen MR) is 147 cm³/mol. The maximum Gasteiger partial charge on any atom is 0.437 e. The molecule has 2 rings (SSSR count). The molecule has 0 bridgehead atoms. The van der Waals surface area contributed by atoms with E-state index in [0.29, 0.717) is 22.8 Å². The van der Waals surface area contributed by atoms with Crippen molar-refractivity contribution < 1.29 is 28.7 Å². The number of ether oxygens (including phenoxy) is 2. The van der Waals surface area contributed by atoms with Crippen molar-refractivity contribution in [3.05, 3.63) is 35.9 Å². The second kappa shape index (κ2) is 12.4. The first-order chi connectivity index (χ1) is 17.9. The zero-order valence-corrected chi connectivity index (χ0v) is 23.6. The Morgan fingerprint density at radius 2 is 1.41 bits per heavy atom. The van der Waals surface area contributed by atoms with Crippen LogP contribution in [0.4, 0.5) is 21.0 Å². The summed E-state index contributed by atoms with van der Waals surface area (Å²) in [4.78, 5) is 53.3. The van der Waals surface area contributed by atoms with E-state index in [1.807, 2.05) is 0 Å². The first-order valence-electron chi connectivity index (χ1n) is 12.2. The number of hydrogen-bond donors (Lipinski definition) is 5. The Balaban J connectivity index is 1.97. The number of carbonyl (C=O) groups excluding carboxylic acids is 4. The van der Waals surface area contributed by atoms with Crippen molar-refractivity contribution in [2.24, 2.45) is 19.1 Å². The largest absolute Gasteiger partial charge is 0.444 e. The molecule has 0 saturated heterocycles. The summed E-state index contributed by atoms with van der Waals surface area (Å²) in [5.74, 6) is -0.975. The maximum absolute atomic E-state index is 12.7. The number of alkyl carbamates (subject to hydrolysis) is 1. The Hall–Kier alpha value is -4.49. The van der Waals surface area contributed by atoms with Crippen LogP contribution in [0.3, 0.4) is 0 Å². The van der Waals surface area contributed by atoms with E-state index in [-0.39, 0.29) is 25.0 Å². The maximum atomic E-state index is 12.7. The second-order valence-electron chi connectivity index (χ2n) is 10.7. The lowest BCUT2D eigenvalue weighted by Crippen LogP contribution is -2.46. The van der Waals surface area contributed by atoms with E-state index < -0.39 is 29.3 Å². The smallest absolute Gasteiger partial charge is 0.437 e. The number of aromatic nitrogens is 2. The van der Waals surface area contributed by atoms with E-state index in [2.05, 4.69) is 26.3 Å². The minimum absolute atomic E-state index is 0.103. The molecular weight excluding hydrogens is 508 g/mol. The number of nitrogens with zero attached hydrogens (tertiary/aromatic N) is 3. The summed E-state index contributed by atoms with van der Waals surface area (Å²) in [5.41, 5.74) is 5.74. The molecule has 2 heterocycles. The summed E-state index contributed by atoms with van der Waals surface area (Å²) >= 11 is 0. The SMILES string of the molecule is Cn1cc(NC(=O)c2cc(N)cn2C)cc1C(=O)NCCN/C(=N/C(=O)OC(C)(C)C)NC(=O)OC(C)(C)C. The Morgan fingerprint density at radius 3 is 1.97 bits per heavy atom. The van der Waals surface area contributed by atoms with E-state index in [4.69, 9.17) is 15.2 Å². The third-order valence-corrected chi connectivity index (χ3v) is 4.67. The third kappa shape index (κ3) is 10.4. The Labute approximate surface area is 227 Å². The first kappa shape index (κ1) is 30.7. The average Bonchev–Trinajstić information content (AvgIpc) is 3.28. The van der Waals surface area contributed by atoms with Gasteiger partial charge in [-0.3, -0.25) is 14.9 Å². The number of aliphatic imine (C=N–C) groups is 1. The fraction of sp³-hybridized carbons (Fsp3) is 0.480. The summed E-state index contributed by atoms with van der Waals surface area (Å²) in [5, 5.41) is 10.6. The monoisotopic (exact) mass is 546 g/mol. The summed E-state index contributed by atoms with van der Waals surface area (Å²) in [6.07, 6.45) is 1.49. The fourth-order valence-corrected chi connectivity index (χ4v) is 3.21. The normalized spacial score (nSPS) is 11.9. The number of nitrogens with two attached hydrogens (primary N) is 1. The highest BCUT2D eigenvalue weighted by atomic mass is 16.6. The number of anilines is 2. The molecule has 6 N–H and O–H groups in total. The van der Waals surface area contributed by atoms with Gasteiger partial charge >= 0.3 is 12.2 Å². The van der Waals surface area contributed by atoms with Crippen LogP contribution in [0, 0.1) is 0 Å². The van der Waals surface area contributed by atoms with Gasteiger partial charge in [0.2, 0.25) is 5.96 Å². The van der Waals surface area contributed by atoms with Crippen molar-refractivity contribution in [3.8, 4) is 0 Å². The standard InChI is InChI=1S/C25H38N8O6/c1-24(2,3)38-22(36)30-21(31-23(37)39-25(4,5)6)28-10-9-27-19(34)18-12-16(14-33(18)8)29-20(35)17-11-15(26)13-32(17)7/h11-14H,9-10,26H2,1-8H3,(H,27,34)(H,29,35)(H2,28,30,31,36,37). The molecule has 0 spiro atoms. The number of nitrogen functional groups attached to an aromatic ring is 1. The lowest BCUT2D eigenvalue weighted by Gasteiger charge is -2.21. The average molecular weight is 547 g/mol. The molecule has 39 heavy (non-hydrogen) atoms. The molecular formula is C25H38N8O6. The van der Waals surface area contributed by atoms with Crippen molar-refractivity contribution in [3.63, 3.8) is 0 Å². The number of amides is 4. The van der Waals surface area contributed by atoms with Crippen molar-refractivity contribution in [2.45, 2.75) is 52.7 Å². The molecule has 14 heteroatoms. The molecule has 14 nitrogen and oxygen atoms in total. The molecule has 0 aromatic carbocycles. The molecule has 0 saturated carbocycles. The van der Waals surface area contributed by atoms with Crippen LogP contribution in [0.2, 0.25) is 0 Å².